The summed E-state index contributed by atoms with van der Waals surface area (Å²) in [6.07, 6.45) is -0.924. The second-order valence-corrected chi connectivity index (χ2v) is 10.6. The molecule has 0 unspecified atom stereocenters. The zero-order chi connectivity index (χ0) is 29.3. The van der Waals surface area contributed by atoms with Crippen molar-refractivity contribution in [2.24, 2.45) is 0 Å². The lowest BCUT2D eigenvalue weighted by molar-refractivity contribution is -0.530. The minimum atomic E-state index is -5.04. The second-order valence-electron chi connectivity index (χ2n) is 10.6. The Hall–Kier alpha value is -4.75. The summed E-state index contributed by atoms with van der Waals surface area (Å²) in [7, 11) is 0. The molecule has 3 aromatic heterocycles. The maximum absolute atomic E-state index is 13.5. The number of alkyl halides is 3. The molecule has 0 saturated carbocycles. The molecule has 1 aromatic carbocycles. The van der Waals surface area contributed by atoms with Crippen molar-refractivity contribution in [2.45, 2.75) is 51.2 Å². The Kier molecular flexibility index (Phi) is 5.90. The van der Waals surface area contributed by atoms with E-state index in [1.54, 1.807) is 29.1 Å². The van der Waals surface area contributed by atoms with Crippen LogP contribution in [0.2, 0.25) is 0 Å². The first-order valence-electron chi connectivity index (χ1n) is 12.8. The summed E-state index contributed by atoms with van der Waals surface area (Å²) in [6.45, 7) is 3.80. The smallest absolute Gasteiger partial charge is 0.486 e. The van der Waals surface area contributed by atoms with E-state index in [4.69, 9.17) is 4.74 Å². The molecule has 0 bridgehead atoms. The van der Waals surface area contributed by atoms with Crippen molar-refractivity contribution in [3.05, 3.63) is 80.6 Å². The average Bonchev–Trinajstić information content (AvgIpc) is 3.39. The van der Waals surface area contributed by atoms with Crippen molar-refractivity contribution in [3.8, 4) is 22.8 Å². The number of H-pyrrole nitrogens is 1. The number of carboxylic acid groups (broad SMARTS) is 1. The van der Waals surface area contributed by atoms with E-state index in [-0.39, 0.29) is 36.3 Å². The van der Waals surface area contributed by atoms with Gasteiger partial charge in [-0.25, -0.2) is 9.59 Å². The van der Waals surface area contributed by atoms with Gasteiger partial charge in [0.25, 0.3) is 5.65 Å². The third-order valence-electron chi connectivity index (χ3n) is 7.53. The fourth-order valence-electron chi connectivity index (χ4n) is 5.75. The molecular formula is C27H25F3N5O6+. The molecule has 214 valence electrons. The Labute approximate surface area is 229 Å². The van der Waals surface area contributed by atoms with Crippen molar-refractivity contribution in [1.82, 2.24) is 14.5 Å². The zero-order valence-electron chi connectivity index (χ0n) is 21.9. The summed E-state index contributed by atoms with van der Waals surface area (Å²) >= 11 is 0. The number of ether oxygens (including phenoxy) is 2. The molecule has 41 heavy (non-hydrogen) atoms. The highest BCUT2D eigenvalue weighted by molar-refractivity contribution is 5.88. The number of nitrogens with one attached hydrogen (secondary N) is 1. The minimum absolute atomic E-state index is 0.0157. The summed E-state index contributed by atoms with van der Waals surface area (Å²) < 4.78 is 54.7. The Morgan fingerprint density at radius 3 is 2.68 bits per heavy atom. The quantitative estimate of drug-likeness (QED) is 0.341. The van der Waals surface area contributed by atoms with Crippen LogP contribution in [0.25, 0.3) is 16.9 Å². The number of aromatic amines is 1. The van der Waals surface area contributed by atoms with Crippen molar-refractivity contribution in [2.75, 3.05) is 11.6 Å². The van der Waals surface area contributed by atoms with Crippen LogP contribution in [0, 0.1) is 0 Å². The highest BCUT2D eigenvalue weighted by Gasteiger charge is 2.46. The summed E-state index contributed by atoms with van der Waals surface area (Å²) in [5.41, 5.74) is -0.362. The van der Waals surface area contributed by atoms with Gasteiger partial charge in [-0.2, -0.15) is 9.50 Å². The van der Waals surface area contributed by atoms with Crippen LogP contribution in [-0.2, 0) is 6.54 Å². The molecule has 14 heteroatoms. The molecule has 1 fully saturated rings. The molecule has 0 aliphatic carbocycles. The number of hydrogen-bond donors (Lipinski definition) is 2. The highest BCUT2D eigenvalue weighted by Crippen LogP contribution is 2.51. The standard InChI is InChI=1S/C27H24F3N5O6/c1-26(2)7-6-18-15-11-21(40-10-9-33-25(39)32-8-4-3-5-23(32)31-33)22(41-27(28,29)30)12-16(15)19-13-20(36)17(24(37)38)14-34(19)35(18)26/h3-5,8,11-14,18H,6-7,9-10H2,1-2H3,(H,37,38)/p+1/t18-/m1/s1. The fraction of sp³-hybridized carbons (Fsp3) is 0.333. The third-order valence-corrected chi connectivity index (χ3v) is 7.53. The largest absolute Gasteiger partial charge is 0.573 e. The van der Waals surface area contributed by atoms with E-state index in [9.17, 15) is 32.7 Å². The zero-order valence-corrected chi connectivity index (χ0v) is 21.9. The van der Waals surface area contributed by atoms with E-state index < -0.39 is 34.6 Å². The molecule has 6 rings (SSSR count). The second kappa shape index (κ2) is 9.14. The SMILES string of the molecule is CC1(C)CC[C@@H]2c3cc(OCCn4[nH]c5cccc[n+]5c4=O)c(OC(F)(F)F)cc3-c3cc(=O)c(C(=O)O)cn3N21. The first kappa shape index (κ1) is 26.5. The molecule has 0 amide bonds. The number of halogens is 3. The van der Waals surface area contributed by atoms with Crippen LogP contribution in [0.15, 0.2) is 58.4 Å². The van der Waals surface area contributed by atoms with E-state index in [1.807, 2.05) is 18.9 Å². The molecule has 4 aromatic rings. The van der Waals surface area contributed by atoms with Gasteiger partial charge in [-0.05, 0) is 50.5 Å². The summed E-state index contributed by atoms with van der Waals surface area (Å²) in [6, 6.07) is 8.56. The molecule has 0 radical (unpaired) electrons. The molecule has 2 aliphatic rings. The number of carboxylic acids is 1. The first-order chi connectivity index (χ1) is 19.3. The van der Waals surface area contributed by atoms with Crippen LogP contribution >= 0.6 is 0 Å². The number of rotatable bonds is 6. The molecular weight excluding hydrogens is 547 g/mol. The average molecular weight is 573 g/mol. The predicted octanol–water partition coefficient (Wildman–Crippen LogP) is 2.98. The Balaban J connectivity index is 1.43. The fourth-order valence-corrected chi connectivity index (χ4v) is 5.75. The summed E-state index contributed by atoms with van der Waals surface area (Å²) in [5.74, 6) is -2.20. The van der Waals surface area contributed by atoms with Gasteiger partial charge >= 0.3 is 18.0 Å². The Morgan fingerprint density at radius 2 is 1.98 bits per heavy atom. The molecule has 1 saturated heterocycles. The number of carbonyl (C=O) groups is 1. The lowest BCUT2D eigenvalue weighted by Gasteiger charge is -2.44. The van der Waals surface area contributed by atoms with E-state index in [0.29, 0.717) is 29.6 Å². The van der Waals surface area contributed by atoms with Crippen LogP contribution in [0.5, 0.6) is 11.5 Å². The van der Waals surface area contributed by atoms with Gasteiger partial charge in [0, 0.05) is 23.9 Å². The molecule has 0 spiro atoms. The number of benzene rings is 1. The van der Waals surface area contributed by atoms with E-state index in [1.165, 1.54) is 21.3 Å². The van der Waals surface area contributed by atoms with Crippen molar-refractivity contribution in [3.63, 3.8) is 0 Å². The van der Waals surface area contributed by atoms with E-state index >= 15 is 0 Å². The Bertz CT molecular complexity index is 1820. The number of nitrogens with zero attached hydrogens (tertiary/aromatic N) is 4. The Morgan fingerprint density at radius 1 is 1.20 bits per heavy atom. The monoisotopic (exact) mass is 572 g/mol. The number of fused-ring (bicyclic) bond motifs is 7. The topological polar surface area (TPSA) is 123 Å². The van der Waals surface area contributed by atoms with Crippen LogP contribution in [0.4, 0.5) is 13.2 Å². The van der Waals surface area contributed by atoms with Gasteiger partial charge in [-0.1, -0.05) is 6.07 Å². The number of pyridine rings is 2. The van der Waals surface area contributed by atoms with Crippen LogP contribution in [0.1, 0.15) is 48.7 Å². The number of aromatic nitrogens is 4. The van der Waals surface area contributed by atoms with Crippen LogP contribution in [-0.4, -0.2) is 44.0 Å². The molecule has 2 aliphatic heterocycles. The predicted molar refractivity (Wildman–Crippen MR) is 138 cm³/mol. The maximum Gasteiger partial charge on any atom is 0.573 e. The van der Waals surface area contributed by atoms with Gasteiger partial charge in [-0.3, -0.25) is 14.5 Å². The van der Waals surface area contributed by atoms with E-state index in [2.05, 4.69) is 9.84 Å². The highest BCUT2D eigenvalue weighted by atomic mass is 19.4. The van der Waals surface area contributed by atoms with Crippen LogP contribution in [0.3, 0.4) is 0 Å². The molecule has 5 heterocycles. The number of hydrogen-bond acceptors (Lipinski definition) is 6. The van der Waals surface area contributed by atoms with Gasteiger partial charge in [0.2, 0.25) is 0 Å². The number of aromatic carboxylic acids is 1. The lowest BCUT2D eigenvalue weighted by atomic mass is 9.93. The minimum Gasteiger partial charge on any atom is -0.486 e. The van der Waals surface area contributed by atoms with Crippen LogP contribution < -0.4 is 30.0 Å². The molecule has 1 atom stereocenters. The van der Waals surface area contributed by atoms with Crippen molar-refractivity contribution < 1.29 is 36.9 Å². The van der Waals surface area contributed by atoms with Gasteiger partial charge in [0.15, 0.2) is 16.9 Å². The first-order valence-corrected chi connectivity index (χ1v) is 12.8. The van der Waals surface area contributed by atoms with Gasteiger partial charge in [-0.15, -0.1) is 17.9 Å². The van der Waals surface area contributed by atoms with Crippen molar-refractivity contribution in [1.29, 1.82) is 0 Å². The van der Waals surface area contributed by atoms with Gasteiger partial charge in [0.1, 0.15) is 18.7 Å². The molecule has 11 nitrogen and oxygen atoms in total. The van der Waals surface area contributed by atoms with Gasteiger partial charge in [0.05, 0.1) is 23.5 Å². The summed E-state index contributed by atoms with van der Waals surface area (Å²) in [4.78, 5) is 37.0. The maximum atomic E-state index is 13.5. The van der Waals surface area contributed by atoms with Crippen molar-refractivity contribution >= 4 is 11.6 Å². The van der Waals surface area contributed by atoms with Gasteiger partial charge < -0.3 is 14.6 Å². The van der Waals surface area contributed by atoms with E-state index in [0.717, 1.165) is 12.1 Å². The third kappa shape index (κ3) is 4.48. The normalized spacial score (nSPS) is 17.2. The lowest BCUT2D eigenvalue weighted by Crippen LogP contribution is -2.50. The molecule has 2 N–H and O–H groups in total. The summed E-state index contributed by atoms with van der Waals surface area (Å²) in [5, 5.41) is 14.4.